The summed E-state index contributed by atoms with van der Waals surface area (Å²) in [4.78, 5) is 47.6. The molecular formula is C25H34F3N3O6. The van der Waals surface area contributed by atoms with Gasteiger partial charge in [-0.1, -0.05) is 30.3 Å². The molecule has 1 aromatic rings. The third-order valence-electron chi connectivity index (χ3n) is 6.51. The van der Waals surface area contributed by atoms with Crippen LogP contribution in [0.2, 0.25) is 0 Å². The van der Waals surface area contributed by atoms with Crippen molar-refractivity contribution in [1.29, 1.82) is 0 Å². The summed E-state index contributed by atoms with van der Waals surface area (Å²) in [6, 6.07) is 8.61. The highest BCUT2D eigenvalue weighted by Crippen LogP contribution is 2.23. The van der Waals surface area contributed by atoms with Crippen LogP contribution >= 0.6 is 0 Å². The molecule has 37 heavy (non-hydrogen) atoms. The summed E-state index contributed by atoms with van der Waals surface area (Å²) in [5.74, 6) is -3.42. The van der Waals surface area contributed by atoms with Crippen molar-refractivity contribution in [2.24, 2.45) is 11.8 Å². The maximum absolute atomic E-state index is 12.9. The number of carboxylic acids is 2. The third kappa shape index (κ3) is 10.8. The standard InChI is InChI=1S/C23H33N3O4.C2HF3O2/c27-21(9-8-17-10-12-24-13-11-17)26-14-4-7-19(16-26)23(30)25-20(15-22(28)29)18-5-2-1-3-6-18;3-2(4,5)1(6)7/h1-3,5-6,17,19-20,24H,4,7-16H2,(H,25,30)(H,28,29);(H,6,7)/t19-,20-;/m1./s1. The van der Waals surface area contributed by atoms with Crippen molar-refractivity contribution >= 4 is 23.8 Å². The van der Waals surface area contributed by atoms with Crippen LogP contribution in [0.5, 0.6) is 0 Å². The van der Waals surface area contributed by atoms with Gasteiger partial charge in [0.2, 0.25) is 11.8 Å². The van der Waals surface area contributed by atoms with E-state index in [0.717, 1.165) is 50.8 Å². The van der Waals surface area contributed by atoms with Gasteiger partial charge in [-0.05, 0) is 56.7 Å². The molecule has 2 aliphatic heterocycles. The minimum absolute atomic E-state index is 0.135. The molecule has 2 amide bonds. The van der Waals surface area contributed by atoms with Crippen molar-refractivity contribution in [2.45, 2.75) is 57.2 Å². The summed E-state index contributed by atoms with van der Waals surface area (Å²) in [6.45, 7) is 3.19. The molecular weight excluding hydrogens is 495 g/mol. The van der Waals surface area contributed by atoms with Crippen LogP contribution in [0.1, 0.15) is 56.6 Å². The predicted molar refractivity (Wildman–Crippen MR) is 127 cm³/mol. The first-order valence-corrected chi connectivity index (χ1v) is 12.3. The molecule has 0 radical (unpaired) electrons. The van der Waals surface area contributed by atoms with Gasteiger partial charge in [-0.15, -0.1) is 0 Å². The number of nitrogens with one attached hydrogen (secondary N) is 2. The number of carboxylic acid groups (broad SMARTS) is 2. The highest BCUT2D eigenvalue weighted by molar-refractivity contribution is 5.82. The molecule has 0 aliphatic carbocycles. The van der Waals surface area contributed by atoms with Gasteiger partial charge in [0.05, 0.1) is 18.4 Å². The Hall–Kier alpha value is -3.15. The van der Waals surface area contributed by atoms with E-state index in [1.165, 1.54) is 0 Å². The molecule has 2 aliphatic rings. The molecule has 2 fully saturated rings. The first-order valence-electron chi connectivity index (χ1n) is 12.3. The van der Waals surface area contributed by atoms with Crippen molar-refractivity contribution < 1.29 is 42.6 Å². The lowest BCUT2D eigenvalue weighted by Crippen LogP contribution is -2.46. The number of hydrogen-bond donors (Lipinski definition) is 4. The highest BCUT2D eigenvalue weighted by Gasteiger charge is 2.38. The lowest BCUT2D eigenvalue weighted by atomic mass is 9.92. The van der Waals surface area contributed by atoms with Gasteiger partial charge in [0, 0.05) is 19.5 Å². The molecule has 0 unspecified atom stereocenters. The average Bonchev–Trinajstić information content (AvgIpc) is 2.87. The summed E-state index contributed by atoms with van der Waals surface area (Å²) in [5.41, 5.74) is 0.777. The number of carbonyl (C=O) groups excluding carboxylic acids is 2. The normalized spacial score (nSPS) is 19.2. The van der Waals surface area contributed by atoms with Gasteiger partial charge in [-0.3, -0.25) is 14.4 Å². The van der Waals surface area contributed by atoms with Gasteiger partial charge in [-0.2, -0.15) is 13.2 Å². The maximum Gasteiger partial charge on any atom is 0.490 e. The molecule has 12 heteroatoms. The molecule has 2 saturated heterocycles. The fraction of sp³-hybridized carbons (Fsp3) is 0.600. The highest BCUT2D eigenvalue weighted by atomic mass is 19.4. The largest absolute Gasteiger partial charge is 0.490 e. The summed E-state index contributed by atoms with van der Waals surface area (Å²) >= 11 is 0. The lowest BCUT2D eigenvalue weighted by Gasteiger charge is -2.33. The van der Waals surface area contributed by atoms with Crippen LogP contribution in [0.4, 0.5) is 13.2 Å². The van der Waals surface area contributed by atoms with Gasteiger partial charge in [0.25, 0.3) is 0 Å². The van der Waals surface area contributed by atoms with Crippen molar-refractivity contribution in [3.8, 4) is 0 Å². The second kappa shape index (κ2) is 14.6. The number of nitrogens with zero attached hydrogens (tertiary/aromatic N) is 1. The quantitative estimate of drug-likeness (QED) is 0.407. The zero-order valence-electron chi connectivity index (χ0n) is 20.5. The number of piperidine rings is 2. The molecule has 4 N–H and O–H groups in total. The van der Waals surface area contributed by atoms with Crippen molar-refractivity contribution in [1.82, 2.24) is 15.5 Å². The number of halogens is 3. The number of likely N-dealkylation sites (tertiary alicyclic amines) is 1. The molecule has 2 atom stereocenters. The van der Waals surface area contributed by atoms with Gasteiger partial charge in [0.1, 0.15) is 0 Å². The first-order chi connectivity index (χ1) is 17.5. The van der Waals surface area contributed by atoms with E-state index >= 15 is 0 Å². The predicted octanol–water partition coefficient (Wildman–Crippen LogP) is 2.97. The van der Waals surface area contributed by atoms with Gasteiger partial charge < -0.3 is 25.7 Å². The molecule has 3 rings (SSSR count). The lowest BCUT2D eigenvalue weighted by molar-refractivity contribution is -0.192. The van der Waals surface area contributed by atoms with Crippen LogP contribution in [0, 0.1) is 11.8 Å². The molecule has 0 bridgehead atoms. The number of amides is 2. The number of alkyl halides is 3. The molecule has 0 saturated carbocycles. The van der Waals surface area contributed by atoms with E-state index in [4.69, 9.17) is 9.90 Å². The minimum atomic E-state index is -5.08. The maximum atomic E-state index is 12.9. The fourth-order valence-corrected chi connectivity index (χ4v) is 4.48. The van der Waals surface area contributed by atoms with Crippen molar-refractivity contribution in [3.63, 3.8) is 0 Å². The molecule has 0 spiro atoms. The van der Waals surface area contributed by atoms with E-state index in [2.05, 4.69) is 10.6 Å². The Morgan fingerprint density at radius 2 is 1.68 bits per heavy atom. The van der Waals surface area contributed by atoms with Crippen LogP contribution in [-0.4, -0.2) is 71.2 Å². The molecule has 0 aromatic heterocycles. The Morgan fingerprint density at radius 3 is 2.24 bits per heavy atom. The van der Waals surface area contributed by atoms with Crippen LogP contribution in [0.15, 0.2) is 30.3 Å². The van der Waals surface area contributed by atoms with Crippen LogP contribution in [0.3, 0.4) is 0 Å². The van der Waals surface area contributed by atoms with E-state index in [9.17, 15) is 32.7 Å². The molecule has 1 aromatic carbocycles. The van der Waals surface area contributed by atoms with E-state index in [0.29, 0.717) is 25.4 Å². The van der Waals surface area contributed by atoms with Crippen molar-refractivity contribution in [2.75, 3.05) is 26.2 Å². The van der Waals surface area contributed by atoms with Crippen LogP contribution < -0.4 is 10.6 Å². The number of aliphatic carboxylic acids is 2. The van der Waals surface area contributed by atoms with Crippen LogP contribution in [0.25, 0.3) is 0 Å². The third-order valence-corrected chi connectivity index (χ3v) is 6.51. The SMILES string of the molecule is O=C(O)C(F)(F)F.O=C(O)C[C@@H](NC(=O)[C@@H]1CCCN(C(=O)CCC2CCNCC2)C1)c1ccccc1. The van der Waals surface area contributed by atoms with E-state index in [1.54, 1.807) is 0 Å². The summed E-state index contributed by atoms with van der Waals surface area (Å²) in [6.07, 6.45) is -0.00921. The van der Waals surface area contributed by atoms with Crippen LogP contribution in [-0.2, 0) is 19.2 Å². The summed E-state index contributed by atoms with van der Waals surface area (Å²) in [7, 11) is 0. The smallest absolute Gasteiger partial charge is 0.481 e. The Morgan fingerprint density at radius 1 is 1.05 bits per heavy atom. The second-order valence-corrected chi connectivity index (χ2v) is 9.28. The molecule has 2 heterocycles. The monoisotopic (exact) mass is 529 g/mol. The molecule has 9 nitrogen and oxygen atoms in total. The van der Waals surface area contributed by atoms with E-state index in [-0.39, 0.29) is 24.2 Å². The number of benzene rings is 1. The Kier molecular flexibility index (Phi) is 11.8. The zero-order chi connectivity index (χ0) is 27.4. The topological polar surface area (TPSA) is 136 Å². The summed E-state index contributed by atoms with van der Waals surface area (Å²) < 4.78 is 31.7. The fourth-order valence-electron chi connectivity index (χ4n) is 4.48. The first kappa shape index (κ1) is 30.1. The Bertz CT molecular complexity index is 907. The van der Waals surface area contributed by atoms with Gasteiger partial charge in [-0.25, -0.2) is 4.79 Å². The number of rotatable bonds is 8. The zero-order valence-corrected chi connectivity index (χ0v) is 20.5. The average molecular weight is 530 g/mol. The summed E-state index contributed by atoms with van der Waals surface area (Å²) in [5, 5.41) is 22.6. The Labute approximate surface area is 213 Å². The minimum Gasteiger partial charge on any atom is -0.481 e. The van der Waals surface area contributed by atoms with Gasteiger partial charge >= 0.3 is 18.1 Å². The van der Waals surface area contributed by atoms with Crippen molar-refractivity contribution in [3.05, 3.63) is 35.9 Å². The number of hydrogen-bond acceptors (Lipinski definition) is 5. The van der Waals surface area contributed by atoms with Gasteiger partial charge in [0.15, 0.2) is 0 Å². The second-order valence-electron chi connectivity index (χ2n) is 9.28. The van der Waals surface area contributed by atoms with E-state index in [1.807, 2.05) is 35.2 Å². The van der Waals surface area contributed by atoms with E-state index < -0.39 is 24.2 Å². The Balaban J connectivity index is 0.000000604. The molecule has 206 valence electrons. The number of carbonyl (C=O) groups is 4.